The first kappa shape index (κ1) is 13.3. The summed E-state index contributed by atoms with van der Waals surface area (Å²) >= 11 is 0. The van der Waals surface area contributed by atoms with E-state index in [1.54, 1.807) is 0 Å². The second-order valence-electron chi connectivity index (χ2n) is 5.20. The van der Waals surface area contributed by atoms with E-state index in [9.17, 15) is 8.42 Å². The summed E-state index contributed by atoms with van der Waals surface area (Å²) in [4.78, 5) is 2.38. The third kappa shape index (κ3) is 3.91. The Morgan fingerprint density at radius 1 is 1.24 bits per heavy atom. The minimum atomic E-state index is -2.76. The van der Waals surface area contributed by atoms with E-state index in [4.69, 9.17) is 5.73 Å². The number of sulfone groups is 1. The van der Waals surface area contributed by atoms with Gasteiger partial charge >= 0.3 is 0 Å². The number of hydrogen-bond acceptors (Lipinski definition) is 5. The fourth-order valence-electron chi connectivity index (χ4n) is 2.68. The van der Waals surface area contributed by atoms with Gasteiger partial charge in [-0.2, -0.15) is 0 Å². The summed E-state index contributed by atoms with van der Waals surface area (Å²) in [6, 6.07) is 0.128. The molecular formula is C11H23N3O2S. The van der Waals surface area contributed by atoms with Crippen molar-refractivity contribution < 1.29 is 8.42 Å². The molecule has 5 nitrogen and oxygen atoms in total. The summed E-state index contributed by atoms with van der Waals surface area (Å²) in [6.07, 6.45) is 1.49. The van der Waals surface area contributed by atoms with Gasteiger partial charge in [-0.1, -0.05) is 0 Å². The second-order valence-corrected chi connectivity index (χ2v) is 7.51. The van der Waals surface area contributed by atoms with Crippen LogP contribution in [-0.2, 0) is 9.84 Å². The molecule has 2 heterocycles. The molecule has 2 rings (SSSR count). The Bertz CT molecular complexity index is 325. The lowest BCUT2D eigenvalue weighted by molar-refractivity contribution is 0.201. The van der Waals surface area contributed by atoms with Crippen molar-refractivity contribution in [1.29, 1.82) is 0 Å². The van der Waals surface area contributed by atoms with Crippen LogP contribution in [0.2, 0.25) is 0 Å². The molecule has 0 aromatic rings. The zero-order valence-corrected chi connectivity index (χ0v) is 11.1. The highest BCUT2D eigenvalue weighted by Gasteiger charge is 2.28. The average molecular weight is 261 g/mol. The van der Waals surface area contributed by atoms with E-state index >= 15 is 0 Å². The van der Waals surface area contributed by atoms with Gasteiger partial charge in [-0.05, 0) is 18.8 Å². The lowest BCUT2D eigenvalue weighted by atomic mass is 9.94. The predicted molar refractivity (Wildman–Crippen MR) is 68.7 cm³/mol. The van der Waals surface area contributed by atoms with Gasteiger partial charge in [0.15, 0.2) is 0 Å². The minimum Gasteiger partial charge on any atom is -0.326 e. The molecule has 1 atom stereocenters. The Morgan fingerprint density at radius 2 is 1.82 bits per heavy atom. The van der Waals surface area contributed by atoms with Crippen molar-refractivity contribution in [1.82, 2.24) is 10.2 Å². The van der Waals surface area contributed by atoms with Gasteiger partial charge in [0.2, 0.25) is 0 Å². The van der Waals surface area contributed by atoms with E-state index in [0.717, 1.165) is 45.6 Å². The normalized spacial score (nSPS) is 29.0. The third-order valence-corrected chi connectivity index (χ3v) is 5.60. The molecule has 6 heteroatoms. The van der Waals surface area contributed by atoms with Crippen molar-refractivity contribution in [2.75, 3.05) is 44.2 Å². The van der Waals surface area contributed by atoms with Crippen molar-refractivity contribution in [2.45, 2.75) is 18.9 Å². The Hall–Kier alpha value is -0.170. The summed E-state index contributed by atoms with van der Waals surface area (Å²) in [7, 11) is -2.76. The predicted octanol–water partition coefficient (Wildman–Crippen LogP) is -0.956. The maximum atomic E-state index is 11.3. The van der Waals surface area contributed by atoms with Crippen LogP contribution in [0, 0.1) is 5.92 Å². The summed E-state index contributed by atoms with van der Waals surface area (Å²) in [6.45, 7) is 5.08. The molecule has 0 saturated carbocycles. The Labute approximate surface area is 104 Å². The molecule has 3 N–H and O–H groups in total. The van der Waals surface area contributed by atoms with Gasteiger partial charge in [0.1, 0.15) is 9.84 Å². The van der Waals surface area contributed by atoms with Crippen LogP contribution >= 0.6 is 0 Å². The van der Waals surface area contributed by atoms with E-state index in [2.05, 4.69) is 10.2 Å². The molecule has 17 heavy (non-hydrogen) atoms. The van der Waals surface area contributed by atoms with Gasteiger partial charge in [0.05, 0.1) is 11.5 Å². The molecule has 0 spiro atoms. The molecule has 1 unspecified atom stereocenters. The van der Waals surface area contributed by atoms with Crippen molar-refractivity contribution in [3.63, 3.8) is 0 Å². The zero-order chi connectivity index (χ0) is 12.3. The number of hydrogen-bond donors (Lipinski definition) is 2. The fourth-order valence-corrected chi connectivity index (χ4v) is 4.21. The average Bonchev–Trinajstić information content (AvgIpc) is 2.30. The minimum absolute atomic E-state index is 0.128. The van der Waals surface area contributed by atoms with Gasteiger partial charge in [-0.25, -0.2) is 8.42 Å². The molecule has 100 valence electrons. The second kappa shape index (κ2) is 5.65. The van der Waals surface area contributed by atoms with Crippen molar-refractivity contribution >= 4 is 9.84 Å². The number of nitrogens with zero attached hydrogens (tertiary/aromatic N) is 1. The lowest BCUT2D eigenvalue weighted by Crippen LogP contribution is -2.50. The van der Waals surface area contributed by atoms with Gasteiger partial charge in [0.25, 0.3) is 0 Å². The van der Waals surface area contributed by atoms with Crippen LogP contribution in [0.5, 0.6) is 0 Å². The highest BCUT2D eigenvalue weighted by molar-refractivity contribution is 7.91. The van der Waals surface area contributed by atoms with Crippen molar-refractivity contribution in [3.05, 3.63) is 0 Å². The van der Waals surface area contributed by atoms with Crippen LogP contribution in [0.3, 0.4) is 0 Å². The summed E-state index contributed by atoms with van der Waals surface area (Å²) in [5, 5.41) is 3.32. The first-order chi connectivity index (χ1) is 8.07. The highest BCUT2D eigenvalue weighted by atomic mass is 32.2. The molecule has 0 aliphatic carbocycles. The van der Waals surface area contributed by atoms with Crippen LogP contribution < -0.4 is 11.1 Å². The quantitative estimate of drug-likeness (QED) is 0.685. The Balaban J connectivity index is 1.78. The molecule has 0 bridgehead atoms. The molecule has 2 fully saturated rings. The van der Waals surface area contributed by atoms with Crippen molar-refractivity contribution in [2.24, 2.45) is 11.7 Å². The highest BCUT2D eigenvalue weighted by Crippen LogP contribution is 2.21. The molecule has 0 aromatic carbocycles. The zero-order valence-electron chi connectivity index (χ0n) is 10.3. The topological polar surface area (TPSA) is 75.4 Å². The van der Waals surface area contributed by atoms with Crippen molar-refractivity contribution in [3.8, 4) is 0 Å². The standard InChI is InChI=1S/C11H23N3O2S/c12-11(9-14-5-3-13-4-6-14)10-1-7-17(15,16)8-2-10/h10-11,13H,1-9,12H2. The largest absolute Gasteiger partial charge is 0.326 e. The maximum absolute atomic E-state index is 11.3. The monoisotopic (exact) mass is 261 g/mol. The van der Waals surface area contributed by atoms with Gasteiger partial charge in [-0.15, -0.1) is 0 Å². The van der Waals surface area contributed by atoms with Crippen LogP contribution in [0.1, 0.15) is 12.8 Å². The number of nitrogens with one attached hydrogen (secondary N) is 1. The van der Waals surface area contributed by atoms with Gasteiger partial charge in [0, 0.05) is 38.8 Å². The molecule has 0 aromatic heterocycles. The van der Waals surface area contributed by atoms with E-state index in [1.807, 2.05) is 0 Å². The van der Waals surface area contributed by atoms with Gasteiger partial charge in [-0.3, -0.25) is 4.90 Å². The van der Waals surface area contributed by atoms with E-state index in [1.165, 1.54) is 0 Å². The van der Waals surface area contributed by atoms with Crippen LogP contribution in [-0.4, -0.2) is 63.6 Å². The first-order valence-electron chi connectivity index (χ1n) is 6.46. The Morgan fingerprint density at radius 3 is 2.41 bits per heavy atom. The number of nitrogens with two attached hydrogens (primary N) is 1. The smallest absolute Gasteiger partial charge is 0.150 e. The van der Waals surface area contributed by atoms with Crippen LogP contribution in [0.15, 0.2) is 0 Å². The summed E-state index contributed by atoms with van der Waals surface area (Å²) < 4.78 is 22.7. The molecule has 2 saturated heterocycles. The summed E-state index contributed by atoms with van der Waals surface area (Å²) in [5.41, 5.74) is 6.21. The molecule has 0 radical (unpaired) electrons. The lowest BCUT2D eigenvalue weighted by Gasteiger charge is -2.34. The first-order valence-corrected chi connectivity index (χ1v) is 8.28. The molecule has 0 amide bonds. The number of rotatable bonds is 3. The fraction of sp³-hybridized carbons (Fsp3) is 1.00. The van der Waals surface area contributed by atoms with E-state index < -0.39 is 9.84 Å². The third-order valence-electron chi connectivity index (χ3n) is 3.88. The maximum Gasteiger partial charge on any atom is 0.150 e. The van der Waals surface area contributed by atoms with Crippen LogP contribution in [0.4, 0.5) is 0 Å². The van der Waals surface area contributed by atoms with E-state index in [-0.39, 0.29) is 6.04 Å². The molecular weight excluding hydrogens is 238 g/mol. The molecule has 2 aliphatic rings. The summed E-state index contributed by atoms with van der Waals surface area (Å²) in [5.74, 6) is 1.04. The SMILES string of the molecule is NC(CN1CCNCC1)C1CCS(=O)(=O)CC1. The number of piperazine rings is 1. The van der Waals surface area contributed by atoms with Gasteiger partial charge < -0.3 is 11.1 Å². The molecule has 2 aliphatic heterocycles. The Kier molecular flexibility index (Phi) is 4.41. The van der Waals surface area contributed by atoms with Crippen LogP contribution in [0.25, 0.3) is 0 Å². The van der Waals surface area contributed by atoms with E-state index in [0.29, 0.717) is 17.4 Å².